The fourth-order valence-electron chi connectivity index (χ4n) is 4.41. The molecule has 1 aliphatic carbocycles. The average Bonchev–Trinajstić information content (AvgIpc) is 2.47. The first kappa shape index (κ1) is 15.3. The monoisotopic (exact) mass is 268 g/mol. The van der Waals surface area contributed by atoms with E-state index in [0.29, 0.717) is 6.10 Å². The minimum absolute atomic E-state index is 0.267. The smallest absolute Gasteiger partial charge is 0.0702 e. The number of rotatable bonds is 5. The highest BCUT2D eigenvalue weighted by atomic mass is 16.5. The zero-order valence-electron chi connectivity index (χ0n) is 12.9. The first-order valence-electron chi connectivity index (χ1n) is 8.33. The normalized spacial score (nSPS) is 37.4. The van der Waals surface area contributed by atoms with Gasteiger partial charge in [0.1, 0.15) is 0 Å². The first-order valence-corrected chi connectivity index (χ1v) is 8.33. The molecule has 1 saturated carbocycles. The largest absolute Gasteiger partial charge is 0.377 e. The first-order chi connectivity index (χ1) is 9.26. The Morgan fingerprint density at radius 1 is 1.21 bits per heavy atom. The van der Waals surface area contributed by atoms with Gasteiger partial charge < -0.3 is 10.5 Å². The lowest BCUT2D eigenvalue weighted by molar-refractivity contribution is -0.0649. The van der Waals surface area contributed by atoms with Gasteiger partial charge in [0.05, 0.1) is 6.10 Å². The Hall–Kier alpha value is -0.120. The van der Waals surface area contributed by atoms with Crippen LogP contribution < -0.4 is 5.73 Å². The Morgan fingerprint density at radius 2 is 2.05 bits per heavy atom. The summed E-state index contributed by atoms with van der Waals surface area (Å²) in [5, 5.41) is 0. The van der Waals surface area contributed by atoms with Gasteiger partial charge in [-0.2, -0.15) is 0 Å². The number of hydrogen-bond donors (Lipinski definition) is 1. The third-order valence-corrected chi connectivity index (χ3v) is 5.43. The van der Waals surface area contributed by atoms with Crippen molar-refractivity contribution in [3.05, 3.63) is 0 Å². The maximum Gasteiger partial charge on any atom is 0.0702 e. The van der Waals surface area contributed by atoms with Gasteiger partial charge >= 0.3 is 0 Å². The molecule has 19 heavy (non-hydrogen) atoms. The summed E-state index contributed by atoms with van der Waals surface area (Å²) in [6.07, 6.45) is 9.59. The number of hydrogen-bond acceptors (Lipinski definition) is 3. The van der Waals surface area contributed by atoms with Gasteiger partial charge in [-0.05, 0) is 45.1 Å². The molecule has 2 N–H and O–H groups in total. The molecule has 2 rings (SSSR count). The Bertz CT molecular complexity index is 269. The van der Waals surface area contributed by atoms with Gasteiger partial charge in [-0.25, -0.2) is 0 Å². The molecule has 3 unspecified atom stereocenters. The lowest BCUT2D eigenvalue weighted by atomic mass is 9.69. The van der Waals surface area contributed by atoms with Crippen molar-refractivity contribution in [2.75, 3.05) is 26.2 Å². The predicted molar refractivity (Wildman–Crippen MR) is 80.3 cm³/mol. The van der Waals surface area contributed by atoms with Crippen LogP contribution in [-0.4, -0.2) is 42.8 Å². The molecule has 112 valence electrons. The zero-order chi connectivity index (χ0) is 13.7. The number of likely N-dealkylation sites (tertiary alicyclic amines) is 1. The van der Waals surface area contributed by atoms with Crippen molar-refractivity contribution in [2.45, 2.75) is 70.4 Å². The third kappa shape index (κ3) is 3.14. The number of nitrogens with two attached hydrogens (primary N) is 1. The summed E-state index contributed by atoms with van der Waals surface area (Å²) in [7, 11) is 0. The van der Waals surface area contributed by atoms with Crippen LogP contribution in [0.2, 0.25) is 0 Å². The summed E-state index contributed by atoms with van der Waals surface area (Å²) in [6.45, 7) is 8.42. The Kier molecular flexibility index (Phi) is 5.67. The molecule has 3 heteroatoms. The van der Waals surface area contributed by atoms with Crippen molar-refractivity contribution in [2.24, 2.45) is 11.7 Å². The lowest BCUT2D eigenvalue weighted by Gasteiger charge is -2.53. The Balaban J connectivity index is 2.10. The molecule has 1 heterocycles. The van der Waals surface area contributed by atoms with Crippen molar-refractivity contribution in [1.82, 2.24) is 4.90 Å². The second-order valence-corrected chi connectivity index (χ2v) is 6.32. The van der Waals surface area contributed by atoms with E-state index in [1.807, 2.05) is 0 Å². The molecule has 2 fully saturated rings. The van der Waals surface area contributed by atoms with E-state index >= 15 is 0 Å². The Morgan fingerprint density at radius 3 is 2.74 bits per heavy atom. The molecule has 2 aliphatic rings. The van der Waals surface area contributed by atoms with Crippen LogP contribution >= 0.6 is 0 Å². The minimum Gasteiger partial charge on any atom is -0.377 e. The van der Waals surface area contributed by atoms with E-state index in [1.54, 1.807) is 0 Å². The van der Waals surface area contributed by atoms with Gasteiger partial charge in [-0.15, -0.1) is 0 Å². The molecule has 0 bridgehead atoms. The number of piperidine rings is 1. The van der Waals surface area contributed by atoms with Crippen LogP contribution in [0.4, 0.5) is 0 Å². The van der Waals surface area contributed by atoms with E-state index < -0.39 is 0 Å². The quantitative estimate of drug-likeness (QED) is 0.833. The Labute approximate surface area is 118 Å². The van der Waals surface area contributed by atoms with E-state index in [1.165, 1.54) is 51.5 Å². The van der Waals surface area contributed by atoms with Crippen LogP contribution in [0.1, 0.15) is 58.8 Å². The highest BCUT2D eigenvalue weighted by molar-refractivity contribution is 5.01. The van der Waals surface area contributed by atoms with E-state index in [9.17, 15) is 0 Å². The fourth-order valence-corrected chi connectivity index (χ4v) is 4.41. The summed E-state index contributed by atoms with van der Waals surface area (Å²) in [5.74, 6) is 0.784. The maximum atomic E-state index is 6.27. The van der Waals surface area contributed by atoms with E-state index in [4.69, 9.17) is 10.5 Å². The molecular weight excluding hydrogens is 236 g/mol. The van der Waals surface area contributed by atoms with Crippen LogP contribution in [0, 0.1) is 5.92 Å². The minimum atomic E-state index is 0.267. The van der Waals surface area contributed by atoms with Crippen LogP contribution in [-0.2, 0) is 4.74 Å². The molecule has 0 spiro atoms. The number of nitrogens with zero attached hydrogens (tertiary/aromatic N) is 1. The zero-order valence-corrected chi connectivity index (χ0v) is 12.9. The van der Waals surface area contributed by atoms with Crippen molar-refractivity contribution >= 4 is 0 Å². The van der Waals surface area contributed by atoms with Crippen LogP contribution in [0.15, 0.2) is 0 Å². The average molecular weight is 268 g/mol. The molecule has 3 atom stereocenters. The highest BCUT2D eigenvalue weighted by Gasteiger charge is 2.44. The van der Waals surface area contributed by atoms with Gasteiger partial charge in [-0.1, -0.05) is 26.2 Å². The highest BCUT2D eigenvalue weighted by Crippen LogP contribution is 2.41. The predicted octanol–water partition coefficient (Wildman–Crippen LogP) is 2.79. The molecule has 0 aromatic heterocycles. The second-order valence-electron chi connectivity index (χ2n) is 6.32. The summed E-state index contributed by atoms with van der Waals surface area (Å²) < 4.78 is 5.88. The van der Waals surface area contributed by atoms with Crippen LogP contribution in [0.3, 0.4) is 0 Å². The summed E-state index contributed by atoms with van der Waals surface area (Å²) in [5.41, 5.74) is 6.54. The molecule has 1 aliphatic heterocycles. The standard InChI is InChI=1S/C16H32N2O/c1-3-14-8-5-6-10-16(14,13-17)18-11-7-9-15(12-18)19-4-2/h14-15H,3-13,17H2,1-2H3. The molecule has 3 nitrogen and oxygen atoms in total. The van der Waals surface area contributed by atoms with Crippen molar-refractivity contribution in [1.29, 1.82) is 0 Å². The summed E-state index contributed by atoms with van der Waals surface area (Å²) in [6, 6.07) is 0. The summed E-state index contributed by atoms with van der Waals surface area (Å²) >= 11 is 0. The molecule has 0 amide bonds. The van der Waals surface area contributed by atoms with Crippen molar-refractivity contribution < 1.29 is 4.74 Å². The molecule has 1 saturated heterocycles. The molecule has 0 radical (unpaired) electrons. The van der Waals surface area contributed by atoms with Crippen LogP contribution in [0.5, 0.6) is 0 Å². The van der Waals surface area contributed by atoms with Gasteiger partial charge in [0.2, 0.25) is 0 Å². The molecule has 0 aromatic carbocycles. The van der Waals surface area contributed by atoms with E-state index in [2.05, 4.69) is 18.7 Å². The van der Waals surface area contributed by atoms with Gasteiger partial charge in [0.25, 0.3) is 0 Å². The van der Waals surface area contributed by atoms with E-state index in [-0.39, 0.29) is 5.54 Å². The topological polar surface area (TPSA) is 38.5 Å². The van der Waals surface area contributed by atoms with E-state index in [0.717, 1.165) is 25.6 Å². The SMILES string of the molecule is CCOC1CCCN(C2(CN)CCCCC2CC)C1. The van der Waals surface area contributed by atoms with Crippen LogP contribution in [0.25, 0.3) is 0 Å². The van der Waals surface area contributed by atoms with Gasteiger partial charge in [0, 0.05) is 25.2 Å². The van der Waals surface area contributed by atoms with Crippen molar-refractivity contribution in [3.63, 3.8) is 0 Å². The number of ether oxygens (including phenoxy) is 1. The lowest BCUT2D eigenvalue weighted by Crippen LogP contribution is -2.62. The van der Waals surface area contributed by atoms with Gasteiger partial charge in [0.15, 0.2) is 0 Å². The third-order valence-electron chi connectivity index (χ3n) is 5.43. The van der Waals surface area contributed by atoms with Gasteiger partial charge in [-0.3, -0.25) is 4.90 Å². The molecular formula is C16H32N2O. The fraction of sp³-hybridized carbons (Fsp3) is 1.00. The van der Waals surface area contributed by atoms with Crippen molar-refractivity contribution in [3.8, 4) is 0 Å². The summed E-state index contributed by atoms with van der Waals surface area (Å²) in [4.78, 5) is 2.70. The maximum absolute atomic E-state index is 6.27. The second kappa shape index (κ2) is 7.05. The molecule has 0 aromatic rings.